The molecule has 1 atom stereocenters. The molecule has 2 rings (SSSR count). The normalized spacial score (nSPS) is 13.6. The summed E-state index contributed by atoms with van der Waals surface area (Å²) < 4.78 is 27.0. The van der Waals surface area contributed by atoms with Gasteiger partial charge in [-0.05, 0) is 18.1 Å². The Kier molecular flexibility index (Phi) is 4.14. The molecule has 102 valence electrons. The van der Waals surface area contributed by atoms with Crippen molar-refractivity contribution in [2.24, 2.45) is 5.92 Å². The van der Waals surface area contributed by atoms with Crippen LogP contribution in [0.1, 0.15) is 6.92 Å². The zero-order valence-corrected chi connectivity index (χ0v) is 11.4. The van der Waals surface area contributed by atoms with Crippen LogP contribution in [0.5, 0.6) is 0 Å². The van der Waals surface area contributed by atoms with Crippen LogP contribution in [-0.4, -0.2) is 31.7 Å². The average molecular weight is 280 g/mol. The molecule has 2 N–H and O–H groups in total. The number of para-hydroxylation sites is 1. The van der Waals surface area contributed by atoms with E-state index in [4.69, 9.17) is 5.11 Å². The summed E-state index contributed by atoms with van der Waals surface area (Å²) >= 11 is 0. The topological polar surface area (TPSA) is 79.3 Å². The minimum Gasteiger partial charge on any atom is -0.396 e. The number of hydrogen-bond donors (Lipinski definition) is 2. The first-order valence-electron chi connectivity index (χ1n) is 5.99. The zero-order chi connectivity index (χ0) is 13.9. The monoisotopic (exact) mass is 280 g/mol. The molecular formula is C13H16N2O3S. The molecule has 0 saturated heterocycles. The van der Waals surface area contributed by atoms with E-state index in [1.54, 1.807) is 25.3 Å². The van der Waals surface area contributed by atoms with Gasteiger partial charge in [-0.1, -0.05) is 25.1 Å². The van der Waals surface area contributed by atoms with Gasteiger partial charge in [0, 0.05) is 24.7 Å². The molecule has 19 heavy (non-hydrogen) atoms. The molecule has 0 aliphatic rings. The standard InChI is InChI=1S/C13H16N2O3S/c1-10(9-16)8-15-19(17,18)12-6-2-4-11-5-3-7-14-13(11)12/h2-7,10,15-16H,8-9H2,1H3. The van der Waals surface area contributed by atoms with Gasteiger partial charge in [-0.15, -0.1) is 0 Å². The van der Waals surface area contributed by atoms with Crippen LogP contribution in [0.25, 0.3) is 10.9 Å². The summed E-state index contributed by atoms with van der Waals surface area (Å²) in [5.74, 6) is -0.127. The van der Waals surface area contributed by atoms with Crippen molar-refractivity contribution in [1.29, 1.82) is 0 Å². The lowest BCUT2D eigenvalue weighted by atomic mass is 10.2. The van der Waals surface area contributed by atoms with E-state index in [0.717, 1.165) is 5.39 Å². The first-order valence-corrected chi connectivity index (χ1v) is 7.47. The molecule has 5 nitrogen and oxygen atoms in total. The van der Waals surface area contributed by atoms with Gasteiger partial charge >= 0.3 is 0 Å². The van der Waals surface area contributed by atoms with Gasteiger partial charge in [0.15, 0.2) is 0 Å². The molecule has 1 unspecified atom stereocenters. The highest BCUT2D eigenvalue weighted by molar-refractivity contribution is 7.89. The Morgan fingerprint density at radius 1 is 1.32 bits per heavy atom. The van der Waals surface area contributed by atoms with Gasteiger partial charge in [0.2, 0.25) is 10.0 Å². The average Bonchev–Trinajstić information content (AvgIpc) is 2.44. The Hall–Kier alpha value is -1.50. The molecule has 0 amide bonds. The molecule has 0 radical (unpaired) electrons. The van der Waals surface area contributed by atoms with Crippen molar-refractivity contribution in [3.8, 4) is 0 Å². The predicted molar refractivity (Wildman–Crippen MR) is 73.2 cm³/mol. The van der Waals surface area contributed by atoms with Crippen LogP contribution in [0.3, 0.4) is 0 Å². The fourth-order valence-corrected chi connectivity index (χ4v) is 3.03. The van der Waals surface area contributed by atoms with Crippen LogP contribution < -0.4 is 4.72 Å². The highest BCUT2D eigenvalue weighted by atomic mass is 32.2. The quantitative estimate of drug-likeness (QED) is 0.861. The van der Waals surface area contributed by atoms with E-state index in [9.17, 15) is 8.42 Å². The molecule has 6 heteroatoms. The molecule has 2 aromatic rings. The van der Waals surface area contributed by atoms with E-state index in [1.807, 2.05) is 12.1 Å². The van der Waals surface area contributed by atoms with E-state index in [0.29, 0.717) is 5.52 Å². The molecule has 1 aromatic heterocycles. The summed E-state index contributed by atoms with van der Waals surface area (Å²) in [4.78, 5) is 4.29. The fraction of sp³-hybridized carbons (Fsp3) is 0.308. The summed E-state index contributed by atoms with van der Waals surface area (Å²) in [7, 11) is -3.62. The first kappa shape index (κ1) is 13.9. The van der Waals surface area contributed by atoms with Crippen molar-refractivity contribution in [3.05, 3.63) is 36.5 Å². The Morgan fingerprint density at radius 2 is 2.05 bits per heavy atom. The van der Waals surface area contributed by atoms with Gasteiger partial charge in [-0.3, -0.25) is 4.98 Å². The minimum atomic E-state index is -3.62. The van der Waals surface area contributed by atoms with E-state index < -0.39 is 10.0 Å². The fourth-order valence-electron chi connectivity index (χ4n) is 1.69. The molecule has 0 spiro atoms. The summed E-state index contributed by atoms with van der Waals surface area (Å²) in [6.07, 6.45) is 1.57. The smallest absolute Gasteiger partial charge is 0.242 e. The molecule has 0 saturated carbocycles. The first-order chi connectivity index (χ1) is 9.04. The van der Waals surface area contributed by atoms with Crippen LogP contribution >= 0.6 is 0 Å². The SMILES string of the molecule is CC(CO)CNS(=O)(=O)c1cccc2cccnc12. The zero-order valence-electron chi connectivity index (χ0n) is 10.6. The Balaban J connectivity index is 2.38. The third-order valence-corrected chi connectivity index (χ3v) is 4.27. The lowest BCUT2D eigenvalue weighted by molar-refractivity contribution is 0.238. The Morgan fingerprint density at radius 3 is 2.79 bits per heavy atom. The van der Waals surface area contributed by atoms with Crippen molar-refractivity contribution in [2.75, 3.05) is 13.2 Å². The van der Waals surface area contributed by atoms with E-state index in [2.05, 4.69) is 9.71 Å². The number of aliphatic hydroxyl groups excluding tert-OH is 1. The largest absolute Gasteiger partial charge is 0.396 e. The molecule has 0 aliphatic heterocycles. The summed E-state index contributed by atoms with van der Waals surface area (Å²) in [5.41, 5.74) is 0.453. The van der Waals surface area contributed by atoms with Gasteiger partial charge in [-0.2, -0.15) is 0 Å². The van der Waals surface area contributed by atoms with Crippen molar-refractivity contribution >= 4 is 20.9 Å². The molecule has 0 fully saturated rings. The number of nitrogens with zero attached hydrogens (tertiary/aromatic N) is 1. The van der Waals surface area contributed by atoms with Gasteiger partial charge in [0.25, 0.3) is 0 Å². The predicted octanol–water partition coefficient (Wildman–Crippen LogP) is 1.14. The van der Waals surface area contributed by atoms with E-state index in [1.165, 1.54) is 6.07 Å². The van der Waals surface area contributed by atoms with E-state index >= 15 is 0 Å². The minimum absolute atomic E-state index is 0.0592. The van der Waals surface area contributed by atoms with Crippen LogP contribution in [0.15, 0.2) is 41.4 Å². The third-order valence-electron chi connectivity index (χ3n) is 2.82. The number of sulfonamides is 1. The molecule has 1 heterocycles. The summed E-state index contributed by atoms with van der Waals surface area (Å²) in [6.45, 7) is 1.90. The van der Waals surface area contributed by atoms with Crippen LogP contribution in [0.4, 0.5) is 0 Å². The summed E-state index contributed by atoms with van der Waals surface area (Å²) in [5, 5.41) is 9.71. The molecule has 0 aliphatic carbocycles. The van der Waals surface area contributed by atoms with Crippen molar-refractivity contribution in [2.45, 2.75) is 11.8 Å². The second kappa shape index (κ2) is 5.64. The second-order valence-corrected chi connectivity index (χ2v) is 6.21. The van der Waals surface area contributed by atoms with Crippen molar-refractivity contribution < 1.29 is 13.5 Å². The maximum absolute atomic E-state index is 12.2. The Labute approximate surface area is 112 Å². The van der Waals surface area contributed by atoms with E-state index in [-0.39, 0.29) is 24.0 Å². The number of nitrogens with one attached hydrogen (secondary N) is 1. The van der Waals surface area contributed by atoms with Crippen LogP contribution in [0.2, 0.25) is 0 Å². The highest BCUT2D eigenvalue weighted by Gasteiger charge is 2.18. The maximum Gasteiger partial charge on any atom is 0.242 e. The van der Waals surface area contributed by atoms with Gasteiger partial charge in [0.1, 0.15) is 4.90 Å². The summed E-state index contributed by atoms with van der Waals surface area (Å²) in [6, 6.07) is 8.62. The number of aliphatic hydroxyl groups is 1. The number of rotatable bonds is 5. The lowest BCUT2D eigenvalue weighted by Crippen LogP contribution is -2.29. The van der Waals surface area contributed by atoms with Crippen molar-refractivity contribution in [1.82, 2.24) is 9.71 Å². The van der Waals surface area contributed by atoms with Crippen molar-refractivity contribution in [3.63, 3.8) is 0 Å². The number of pyridine rings is 1. The van der Waals surface area contributed by atoms with Crippen LogP contribution in [-0.2, 0) is 10.0 Å². The third kappa shape index (κ3) is 3.09. The van der Waals surface area contributed by atoms with Gasteiger partial charge in [-0.25, -0.2) is 13.1 Å². The molecular weight excluding hydrogens is 264 g/mol. The van der Waals surface area contributed by atoms with Crippen LogP contribution in [0, 0.1) is 5.92 Å². The highest BCUT2D eigenvalue weighted by Crippen LogP contribution is 2.20. The second-order valence-electron chi connectivity index (χ2n) is 4.47. The maximum atomic E-state index is 12.2. The number of fused-ring (bicyclic) bond motifs is 1. The Bertz CT molecular complexity index is 665. The number of benzene rings is 1. The number of aromatic nitrogens is 1. The van der Waals surface area contributed by atoms with Gasteiger partial charge in [0.05, 0.1) is 5.52 Å². The number of hydrogen-bond acceptors (Lipinski definition) is 4. The lowest BCUT2D eigenvalue weighted by Gasteiger charge is -2.11. The van der Waals surface area contributed by atoms with Gasteiger partial charge < -0.3 is 5.11 Å². The molecule has 1 aromatic carbocycles. The molecule has 0 bridgehead atoms.